The Bertz CT molecular complexity index is 1050. The number of aromatic carboxylic acids is 1. The van der Waals surface area contributed by atoms with Crippen molar-refractivity contribution in [3.05, 3.63) is 58.2 Å². The number of aliphatic hydroxyl groups is 3. The first-order valence-corrected chi connectivity index (χ1v) is 9.32. The maximum Gasteiger partial charge on any atom is 0.335 e. The van der Waals surface area contributed by atoms with Crippen LogP contribution >= 0.6 is 0 Å². The molecule has 0 bridgehead atoms. The van der Waals surface area contributed by atoms with Gasteiger partial charge >= 0.3 is 5.97 Å². The number of sulfonamides is 1. The maximum atomic E-state index is 14.7. The topological polar surface area (TPSA) is 161 Å². The normalized spacial score (nSPS) is 11.3. The van der Waals surface area contributed by atoms with Crippen LogP contribution in [0.5, 0.6) is 0 Å². The van der Waals surface area contributed by atoms with Gasteiger partial charge in [-0.1, -0.05) is 6.07 Å². The van der Waals surface area contributed by atoms with Crippen LogP contribution in [-0.2, 0) is 23.2 Å². The molecule has 0 amide bonds. The lowest BCUT2D eigenvalue weighted by atomic mass is 9.96. The van der Waals surface area contributed by atoms with Crippen molar-refractivity contribution in [1.29, 1.82) is 0 Å². The van der Waals surface area contributed by atoms with Gasteiger partial charge in [-0.05, 0) is 18.2 Å². The number of carboxylic acids is 1. The van der Waals surface area contributed by atoms with Gasteiger partial charge in [0.1, 0.15) is 12.3 Å². The predicted octanol–water partition coefficient (Wildman–Crippen LogP) is 0.623. The van der Waals surface area contributed by atoms with Gasteiger partial charge in [0.2, 0.25) is 0 Å². The zero-order valence-corrected chi connectivity index (χ0v) is 15.3. The van der Waals surface area contributed by atoms with Crippen LogP contribution in [0.1, 0.15) is 31.8 Å². The van der Waals surface area contributed by atoms with Gasteiger partial charge in [-0.25, -0.2) is 22.0 Å². The highest BCUT2D eigenvalue weighted by Gasteiger charge is 2.30. The lowest BCUT2D eigenvalue weighted by molar-refractivity contribution is 0.0696. The van der Waals surface area contributed by atoms with Crippen molar-refractivity contribution in [2.45, 2.75) is 18.1 Å². The van der Waals surface area contributed by atoms with Crippen LogP contribution in [0.15, 0.2) is 29.2 Å². The minimum Gasteiger partial charge on any atom is -0.478 e. The number of carbonyl (C=O) groups excluding carboxylic acids is 1. The number of aliphatic hydroxyl groups excluding tert-OH is 3. The monoisotopic (exact) mass is 431 g/mol. The fraction of sp³-hybridized carbons (Fsp3) is 0.176. The van der Waals surface area contributed by atoms with Crippen LogP contribution in [0.2, 0.25) is 0 Å². The van der Waals surface area contributed by atoms with Gasteiger partial charge in [-0.3, -0.25) is 9.52 Å². The number of halogens is 2. The average molecular weight is 431 g/mol. The fourth-order valence-corrected chi connectivity index (χ4v) is 3.70. The molecular weight excluding hydrogens is 416 g/mol. The SMILES string of the molecule is O=C(O)c1cccc(S(=O)(=O)Nc2c(F)c(CO)c(C(=O)CO)c(CO)c2F)c1. The molecule has 29 heavy (non-hydrogen) atoms. The number of hydrogen-bond acceptors (Lipinski definition) is 7. The molecule has 0 aliphatic carbocycles. The molecule has 5 N–H and O–H groups in total. The van der Waals surface area contributed by atoms with E-state index in [2.05, 4.69) is 0 Å². The van der Waals surface area contributed by atoms with Crippen molar-refractivity contribution >= 4 is 27.5 Å². The summed E-state index contributed by atoms with van der Waals surface area (Å²) in [6.45, 7) is -3.50. The predicted molar refractivity (Wildman–Crippen MR) is 93.8 cm³/mol. The highest BCUT2D eigenvalue weighted by molar-refractivity contribution is 7.92. The maximum absolute atomic E-state index is 14.7. The van der Waals surface area contributed by atoms with Gasteiger partial charge in [0.15, 0.2) is 17.4 Å². The number of nitrogens with one attached hydrogen (secondary N) is 1. The number of Topliss-reactive ketones (excluding diaryl/α,β-unsaturated/α-hetero) is 1. The summed E-state index contributed by atoms with van der Waals surface area (Å²) in [6, 6.07) is 3.94. The number of carbonyl (C=O) groups is 2. The van der Waals surface area contributed by atoms with E-state index in [-0.39, 0.29) is 0 Å². The molecule has 156 valence electrons. The van der Waals surface area contributed by atoms with Crippen LogP contribution in [0.25, 0.3) is 0 Å². The van der Waals surface area contributed by atoms with E-state index in [4.69, 9.17) is 10.2 Å². The van der Waals surface area contributed by atoms with Gasteiger partial charge < -0.3 is 20.4 Å². The van der Waals surface area contributed by atoms with Crippen molar-refractivity contribution in [3.63, 3.8) is 0 Å². The van der Waals surface area contributed by atoms with Crippen LogP contribution in [0.4, 0.5) is 14.5 Å². The van der Waals surface area contributed by atoms with Gasteiger partial charge in [0.25, 0.3) is 10.0 Å². The quantitative estimate of drug-likeness (QED) is 0.380. The third-order valence-electron chi connectivity index (χ3n) is 3.94. The van der Waals surface area contributed by atoms with Crippen molar-refractivity contribution in [2.75, 3.05) is 11.3 Å². The van der Waals surface area contributed by atoms with E-state index in [0.717, 1.165) is 24.3 Å². The fourth-order valence-electron chi connectivity index (χ4n) is 2.59. The van der Waals surface area contributed by atoms with E-state index in [1.165, 1.54) is 0 Å². The van der Waals surface area contributed by atoms with Crippen molar-refractivity contribution in [3.8, 4) is 0 Å². The number of benzene rings is 2. The van der Waals surface area contributed by atoms with E-state index in [1.54, 1.807) is 4.72 Å². The second-order valence-electron chi connectivity index (χ2n) is 5.67. The molecule has 0 unspecified atom stereocenters. The number of hydrogen-bond donors (Lipinski definition) is 5. The van der Waals surface area contributed by atoms with Gasteiger partial charge in [-0.15, -0.1) is 0 Å². The van der Waals surface area contributed by atoms with Gasteiger partial charge in [0.05, 0.1) is 23.7 Å². The minimum absolute atomic E-state index is 0.398. The van der Waals surface area contributed by atoms with E-state index in [1.807, 2.05) is 0 Å². The summed E-state index contributed by atoms with van der Waals surface area (Å²) in [4.78, 5) is 22.2. The summed E-state index contributed by atoms with van der Waals surface area (Å²) in [5.41, 5.74) is -4.14. The molecule has 0 fully saturated rings. The zero-order chi connectivity index (χ0) is 21.9. The Hall–Kier alpha value is -2.93. The standard InChI is InChI=1S/C17H15F2NO8S/c18-14-10(5-21)13(12(24)7-23)11(6-22)15(19)16(14)20-29(27,28)9-3-1-2-8(4-9)17(25)26/h1-4,20-23H,5-7H2,(H,25,26). The van der Waals surface area contributed by atoms with Crippen molar-refractivity contribution in [1.82, 2.24) is 0 Å². The van der Waals surface area contributed by atoms with Crippen LogP contribution < -0.4 is 4.72 Å². The molecular formula is C17H15F2NO8S. The Morgan fingerprint density at radius 1 is 1.00 bits per heavy atom. The Kier molecular flexibility index (Phi) is 6.64. The van der Waals surface area contributed by atoms with Gasteiger partial charge in [0, 0.05) is 16.7 Å². The lowest BCUT2D eigenvalue weighted by Gasteiger charge is -2.18. The molecule has 0 atom stereocenters. The second-order valence-corrected chi connectivity index (χ2v) is 7.35. The molecule has 0 aliphatic rings. The first-order chi connectivity index (χ1) is 13.6. The number of anilines is 1. The molecule has 0 aromatic heterocycles. The largest absolute Gasteiger partial charge is 0.478 e. The molecule has 2 aromatic carbocycles. The summed E-state index contributed by atoms with van der Waals surface area (Å²) in [6.07, 6.45) is 0. The van der Waals surface area contributed by atoms with Crippen LogP contribution in [-0.4, -0.2) is 47.2 Å². The number of rotatable bonds is 8. The molecule has 0 spiro atoms. The molecule has 2 rings (SSSR count). The Balaban J connectivity index is 2.68. The smallest absolute Gasteiger partial charge is 0.335 e. The van der Waals surface area contributed by atoms with E-state index in [9.17, 15) is 37.0 Å². The van der Waals surface area contributed by atoms with Crippen molar-refractivity contribution < 1.29 is 47.2 Å². The Morgan fingerprint density at radius 3 is 2.00 bits per heavy atom. The molecule has 0 radical (unpaired) electrons. The lowest BCUT2D eigenvalue weighted by Crippen LogP contribution is -2.21. The zero-order valence-electron chi connectivity index (χ0n) is 14.5. The average Bonchev–Trinajstić information content (AvgIpc) is 2.70. The third kappa shape index (κ3) is 4.24. The molecule has 0 heterocycles. The highest BCUT2D eigenvalue weighted by Crippen LogP contribution is 2.32. The third-order valence-corrected chi connectivity index (χ3v) is 5.29. The summed E-state index contributed by atoms with van der Waals surface area (Å²) >= 11 is 0. The summed E-state index contributed by atoms with van der Waals surface area (Å²) in [7, 11) is -4.69. The van der Waals surface area contributed by atoms with E-state index < -0.39 is 86.1 Å². The number of carboxylic acid groups (broad SMARTS) is 1. The molecule has 9 nitrogen and oxygen atoms in total. The van der Waals surface area contributed by atoms with E-state index >= 15 is 0 Å². The van der Waals surface area contributed by atoms with E-state index in [0.29, 0.717) is 0 Å². The molecule has 2 aromatic rings. The van der Waals surface area contributed by atoms with Crippen LogP contribution in [0.3, 0.4) is 0 Å². The highest BCUT2D eigenvalue weighted by atomic mass is 32.2. The summed E-state index contributed by atoms with van der Waals surface area (Å²) in [5, 5.41) is 36.7. The first-order valence-electron chi connectivity index (χ1n) is 7.83. The van der Waals surface area contributed by atoms with Crippen molar-refractivity contribution in [2.24, 2.45) is 0 Å². The molecule has 0 aliphatic heterocycles. The Labute approximate surface area is 162 Å². The molecule has 0 saturated heterocycles. The summed E-state index contributed by atoms with van der Waals surface area (Å²) in [5.74, 6) is -5.88. The number of ketones is 1. The Morgan fingerprint density at radius 2 is 1.55 bits per heavy atom. The van der Waals surface area contributed by atoms with Gasteiger partial charge in [-0.2, -0.15) is 0 Å². The molecule has 12 heteroatoms. The second kappa shape index (κ2) is 8.61. The van der Waals surface area contributed by atoms with Crippen LogP contribution in [0, 0.1) is 11.6 Å². The first kappa shape index (κ1) is 22.4. The molecule has 0 saturated carbocycles. The minimum atomic E-state index is -4.69. The summed E-state index contributed by atoms with van der Waals surface area (Å²) < 4.78 is 56.0.